The summed E-state index contributed by atoms with van der Waals surface area (Å²) in [5.41, 5.74) is 1.44. The molecule has 5 nitrogen and oxygen atoms in total. The number of fused-ring (bicyclic) bond motifs is 3. The van der Waals surface area contributed by atoms with Crippen molar-refractivity contribution in [1.82, 2.24) is 9.13 Å². The molecule has 1 saturated carbocycles. The highest BCUT2D eigenvalue weighted by molar-refractivity contribution is 5.27. The van der Waals surface area contributed by atoms with Crippen LogP contribution in [0.2, 0.25) is 0 Å². The van der Waals surface area contributed by atoms with Crippen LogP contribution in [0.5, 0.6) is 5.75 Å². The van der Waals surface area contributed by atoms with E-state index in [0.717, 1.165) is 29.8 Å². The zero-order chi connectivity index (χ0) is 14.6. The van der Waals surface area contributed by atoms with E-state index in [2.05, 4.69) is 0 Å². The van der Waals surface area contributed by atoms with E-state index < -0.39 is 0 Å². The van der Waals surface area contributed by atoms with Gasteiger partial charge in [0, 0.05) is 17.8 Å². The number of benzene rings is 1. The summed E-state index contributed by atoms with van der Waals surface area (Å²) in [4.78, 5) is 24.7. The molecule has 1 aromatic heterocycles. The van der Waals surface area contributed by atoms with Gasteiger partial charge in [-0.15, -0.1) is 0 Å². The van der Waals surface area contributed by atoms with Crippen LogP contribution in [-0.2, 0) is 13.0 Å². The Bertz CT molecular complexity index is 817. The summed E-state index contributed by atoms with van der Waals surface area (Å²) in [6.45, 7) is 0.305. The Morgan fingerprint density at radius 2 is 2.00 bits per heavy atom. The van der Waals surface area contributed by atoms with Gasteiger partial charge in [0.15, 0.2) is 0 Å². The molecule has 1 aliphatic heterocycles. The van der Waals surface area contributed by atoms with Crippen molar-refractivity contribution in [2.75, 3.05) is 7.11 Å². The van der Waals surface area contributed by atoms with E-state index in [1.54, 1.807) is 13.2 Å². The number of ether oxygens (including phenoxy) is 1. The van der Waals surface area contributed by atoms with Gasteiger partial charge in [-0.1, -0.05) is 12.1 Å². The maximum absolute atomic E-state index is 12.5. The third kappa shape index (κ3) is 1.92. The summed E-state index contributed by atoms with van der Waals surface area (Å²) < 4.78 is 8.25. The third-order valence-electron chi connectivity index (χ3n) is 4.49. The van der Waals surface area contributed by atoms with Crippen LogP contribution in [0.4, 0.5) is 0 Å². The minimum Gasteiger partial charge on any atom is -0.497 e. The zero-order valence-electron chi connectivity index (χ0n) is 11.8. The summed E-state index contributed by atoms with van der Waals surface area (Å²) >= 11 is 0. The van der Waals surface area contributed by atoms with E-state index in [4.69, 9.17) is 4.74 Å². The van der Waals surface area contributed by atoms with E-state index in [1.165, 1.54) is 4.57 Å². The van der Waals surface area contributed by atoms with Crippen molar-refractivity contribution < 1.29 is 4.74 Å². The summed E-state index contributed by atoms with van der Waals surface area (Å²) in [7, 11) is 1.61. The highest BCUT2D eigenvalue weighted by Crippen LogP contribution is 2.49. The van der Waals surface area contributed by atoms with Crippen LogP contribution >= 0.6 is 0 Å². The first-order chi connectivity index (χ1) is 10.2. The summed E-state index contributed by atoms with van der Waals surface area (Å²) in [5, 5.41) is 0. The first-order valence-corrected chi connectivity index (χ1v) is 7.15. The number of rotatable bonds is 3. The molecule has 0 radical (unpaired) electrons. The number of aromatic nitrogens is 2. The van der Waals surface area contributed by atoms with Crippen molar-refractivity contribution in [2.24, 2.45) is 5.92 Å². The molecular weight excluding hydrogens is 268 g/mol. The fourth-order valence-corrected chi connectivity index (χ4v) is 3.24. The standard InChI is InChI=1S/C16H16N2O3/c1-21-13-4-2-10(3-5-13)9-17-15(19)8-12-6-11-7-14(11)18(12)16(17)20/h2-5,8,11,14H,6-7,9H2,1H3. The molecule has 1 fully saturated rings. The predicted molar refractivity (Wildman–Crippen MR) is 77.9 cm³/mol. The average Bonchev–Trinajstić information content (AvgIpc) is 3.15. The molecule has 2 atom stereocenters. The lowest BCUT2D eigenvalue weighted by atomic mass is 10.2. The van der Waals surface area contributed by atoms with Gasteiger partial charge in [-0.05, 0) is 36.5 Å². The number of hydrogen-bond donors (Lipinski definition) is 0. The second-order valence-electron chi connectivity index (χ2n) is 5.83. The molecule has 21 heavy (non-hydrogen) atoms. The largest absolute Gasteiger partial charge is 0.497 e. The molecular formula is C16H16N2O3. The van der Waals surface area contributed by atoms with Gasteiger partial charge >= 0.3 is 5.69 Å². The fraction of sp³-hybridized carbons (Fsp3) is 0.375. The molecule has 2 aliphatic rings. The molecule has 2 unspecified atom stereocenters. The topological polar surface area (TPSA) is 53.2 Å². The predicted octanol–water partition coefficient (Wildman–Crippen LogP) is 1.18. The van der Waals surface area contributed by atoms with E-state index in [-0.39, 0.29) is 11.2 Å². The van der Waals surface area contributed by atoms with Crippen molar-refractivity contribution in [3.8, 4) is 5.75 Å². The third-order valence-corrected chi connectivity index (χ3v) is 4.49. The summed E-state index contributed by atoms with van der Waals surface area (Å²) in [6.07, 6.45) is 1.95. The lowest BCUT2D eigenvalue weighted by Crippen LogP contribution is -2.40. The Kier molecular flexibility index (Phi) is 2.58. The molecule has 1 aliphatic carbocycles. The minimum absolute atomic E-state index is 0.168. The van der Waals surface area contributed by atoms with E-state index in [0.29, 0.717) is 18.5 Å². The molecule has 108 valence electrons. The number of methoxy groups -OCH3 is 1. The Morgan fingerprint density at radius 1 is 1.24 bits per heavy atom. The maximum Gasteiger partial charge on any atom is 0.331 e. The molecule has 0 spiro atoms. The quantitative estimate of drug-likeness (QED) is 0.850. The smallest absolute Gasteiger partial charge is 0.331 e. The number of hydrogen-bond acceptors (Lipinski definition) is 3. The van der Waals surface area contributed by atoms with Crippen LogP contribution < -0.4 is 16.0 Å². The van der Waals surface area contributed by atoms with Gasteiger partial charge < -0.3 is 4.74 Å². The van der Waals surface area contributed by atoms with Gasteiger partial charge in [-0.2, -0.15) is 0 Å². The fourth-order valence-electron chi connectivity index (χ4n) is 3.24. The van der Waals surface area contributed by atoms with Crippen molar-refractivity contribution >= 4 is 0 Å². The molecule has 0 N–H and O–H groups in total. The molecule has 0 amide bonds. The van der Waals surface area contributed by atoms with Gasteiger partial charge in [-0.25, -0.2) is 4.79 Å². The highest BCUT2D eigenvalue weighted by Gasteiger charge is 2.46. The van der Waals surface area contributed by atoms with Crippen LogP contribution in [0.1, 0.15) is 23.7 Å². The van der Waals surface area contributed by atoms with E-state index >= 15 is 0 Å². The second kappa shape index (κ2) is 4.35. The van der Waals surface area contributed by atoms with Gasteiger partial charge in [0.1, 0.15) is 5.75 Å². The Labute approximate surface area is 121 Å². The molecule has 1 aromatic carbocycles. The van der Waals surface area contributed by atoms with Crippen LogP contribution in [0, 0.1) is 5.92 Å². The SMILES string of the molecule is COc1ccc(Cn2c(=O)cc3n(c2=O)C2CC2C3)cc1. The highest BCUT2D eigenvalue weighted by atomic mass is 16.5. The van der Waals surface area contributed by atoms with Crippen molar-refractivity contribution in [3.63, 3.8) is 0 Å². The molecule has 2 aromatic rings. The Morgan fingerprint density at radius 3 is 2.71 bits per heavy atom. The van der Waals surface area contributed by atoms with E-state index in [1.807, 2.05) is 28.8 Å². The van der Waals surface area contributed by atoms with Crippen LogP contribution in [0.3, 0.4) is 0 Å². The summed E-state index contributed by atoms with van der Waals surface area (Å²) in [6, 6.07) is 9.38. The monoisotopic (exact) mass is 284 g/mol. The maximum atomic E-state index is 12.5. The zero-order valence-corrected chi connectivity index (χ0v) is 11.8. The van der Waals surface area contributed by atoms with E-state index in [9.17, 15) is 9.59 Å². The number of nitrogens with zero attached hydrogens (tertiary/aromatic N) is 2. The molecule has 0 bridgehead atoms. The molecule has 5 heteroatoms. The molecule has 2 heterocycles. The normalized spacial score (nSPS) is 21.8. The summed E-state index contributed by atoms with van der Waals surface area (Å²) in [5.74, 6) is 1.34. The molecule has 0 saturated heterocycles. The van der Waals surface area contributed by atoms with Crippen LogP contribution in [0.25, 0.3) is 0 Å². The van der Waals surface area contributed by atoms with Gasteiger partial charge in [0.2, 0.25) is 0 Å². The second-order valence-corrected chi connectivity index (χ2v) is 5.83. The first-order valence-electron chi connectivity index (χ1n) is 7.15. The van der Waals surface area contributed by atoms with Crippen LogP contribution in [-0.4, -0.2) is 16.2 Å². The van der Waals surface area contributed by atoms with Crippen molar-refractivity contribution in [3.05, 3.63) is 62.4 Å². The van der Waals surface area contributed by atoms with Gasteiger partial charge in [-0.3, -0.25) is 13.9 Å². The Hall–Kier alpha value is -2.30. The average molecular weight is 284 g/mol. The lowest BCUT2D eigenvalue weighted by Gasteiger charge is -2.11. The minimum atomic E-state index is -0.205. The van der Waals surface area contributed by atoms with Gasteiger partial charge in [0.25, 0.3) is 5.56 Å². The lowest BCUT2D eigenvalue weighted by molar-refractivity contribution is 0.414. The van der Waals surface area contributed by atoms with Crippen LogP contribution in [0.15, 0.2) is 39.9 Å². The van der Waals surface area contributed by atoms with Crippen molar-refractivity contribution in [2.45, 2.75) is 25.4 Å². The van der Waals surface area contributed by atoms with Gasteiger partial charge in [0.05, 0.1) is 13.7 Å². The Balaban J connectivity index is 1.73. The first kappa shape index (κ1) is 12.4. The molecule has 4 rings (SSSR count). The van der Waals surface area contributed by atoms with Crippen molar-refractivity contribution in [1.29, 1.82) is 0 Å².